The Bertz CT molecular complexity index is 624. The third-order valence-corrected chi connectivity index (χ3v) is 4.28. The maximum absolute atomic E-state index is 12.5. The largest absolute Gasteiger partial charge is 0.490 e. The van der Waals surface area contributed by atoms with Crippen molar-refractivity contribution in [3.63, 3.8) is 0 Å². The minimum absolute atomic E-state index is 0.0305. The molecule has 0 spiro atoms. The summed E-state index contributed by atoms with van der Waals surface area (Å²) in [6.45, 7) is 10.6. The highest BCUT2D eigenvalue weighted by atomic mass is 16.5. The van der Waals surface area contributed by atoms with Crippen LogP contribution in [0.15, 0.2) is 24.3 Å². The molecule has 2 amide bonds. The first kappa shape index (κ1) is 20.1. The average Bonchev–Trinajstić information content (AvgIpc) is 2.85. The molecule has 1 fully saturated rings. The van der Waals surface area contributed by atoms with Crippen molar-refractivity contribution in [3.05, 3.63) is 24.3 Å². The first-order chi connectivity index (χ1) is 12.3. The SMILES string of the molecule is CCOc1ccccc1OCC(=O)N1CCCN(C(=O)C(C)(C)C)CC1. The monoisotopic (exact) mass is 362 g/mol. The van der Waals surface area contributed by atoms with E-state index in [-0.39, 0.29) is 18.4 Å². The molecule has 2 rings (SSSR count). The number of rotatable bonds is 5. The molecule has 1 aliphatic rings. The molecule has 0 unspecified atom stereocenters. The van der Waals surface area contributed by atoms with Crippen molar-refractivity contribution in [1.82, 2.24) is 9.80 Å². The van der Waals surface area contributed by atoms with Gasteiger partial charge >= 0.3 is 0 Å². The molecule has 0 radical (unpaired) electrons. The Morgan fingerprint density at radius 3 is 2.15 bits per heavy atom. The lowest BCUT2D eigenvalue weighted by Crippen LogP contribution is -2.42. The Kier molecular flexibility index (Phi) is 6.89. The summed E-state index contributed by atoms with van der Waals surface area (Å²) in [4.78, 5) is 28.6. The van der Waals surface area contributed by atoms with E-state index in [0.29, 0.717) is 44.3 Å². The van der Waals surface area contributed by atoms with Gasteiger partial charge in [0.2, 0.25) is 5.91 Å². The van der Waals surface area contributed by atoms with Crippen molar-refractivity contribution in [1.29, 1.82) is 0 Å². The summed E-state index contributed by atoms with van der Waals surface area (Å²) in [6.07, 6.45) is 0.781. The molecule has 144 valence electrons. The second-order valence-electron chi connectivity index (χ2n) is 7.44. The molecular formula is C20H30N2O4. The second-order valence-corrected chi connectivity index (χ2v) is 7.44. The molecule has 0 atom stereocenters. The van der Waals surface area contributed by atoms with Crippen molar-refractivity contribution in [2.45, 2.75) is 34.1 Å². The summed E-state index contributed by atoms with van der Waals surface area (Å²) in [5.74, 6) is 1.28. The van der Waals surface area contributed by atoms with Crippen LogP contribution in [0.3, 0.4) is 0 Å². The molecule has 6 nitrogen and oxygen atoms in total. The van der Waals surface area contributed by atoms with Crippen LogP contribution in [-0.2, 0) is 9.59 Å². The van der Waals surface area contributed by atoms with Crippen LogP contribution >= 0.6 is 0 Å². The van der Waals surface area contributed by atoms with Gasteiger partial charge in [-0.15, -0.1) is 0 Å². The molecule has 6 heteroatoms. The maximum Gasteiger partial charge on any atom is 0.260 e. The highest BCUT2D eigenvalue weighted by Crippen LogP contribution is 2.26. The summed E-state index contributed by atoms with van der Waals surface area (Å²) in [6, 6.07) is 7.34. The van der Waals surface area contributed by atoms with Crippen LogP contribution in [0.2, 0.25) is 0 Å². The summed E-state index contributed by atoms with van der Waals surface area (Å²) in [5.41, 5.74) is -0.398. The lowest BCUT2D eigenvalue weighted by atomic mass is 9.94. The molecule has 0 aliphatic carbocycles. The third kappa shape index (κ3) is 5.38. The van der Waals surface area contributed by atoms with Gasteiger partial charge in [0.1, 0.15) is 0 Å². The van der Waals surface area contributed by atoms with Gasteiger partial charge in [0, 0.05) is 31.6 Å². The van der Waals surface area contributed by atoms with Gasteiger partial charge in [-0.05, 0) is 25.5 Å². The van der Waals surface area contributed by atoms with Crippen molar-refractivity contribution in [3.8, 4) is 11.5 Å². The second kappa shape index (κ2) is 8.92. The normalized spacial score (nSPS) is 15.4. The lowest BCUT2D eigenvalue weighted by molar-refractivity contribution is -0.140. The number of carbonyl (C=O) groups is 2. The topological polar surface area (TPSA) is 59.1 Å². The van der Waals surface area contributed by atoms with Crippen LogP contribution in [0.25, 0.3) is 0 Å². The van der Waals surface area contributed by atoms with E-state index in [9.17, 15) is 9.59 Å². The summed E-state index contributed by atoms with van der Waals surface area (Å²) in [5, 5.41) is 0. The molecule has 0 saturated carbocycles. The molecule has 0 aromatic heterocycles. The van der Waals surface area contributed by atoms with Crippen LogP contribution < -0.4 is 9.47 Å². The Labute approximate surface area is 156 Å². The Morgan fingerprint density at radius 2 is 1.54 bits per heavy atom. The number of nitrogens with zero attached hydrogens (tertiary/aromatic N) is 2. The van der Waals surface area contributed by atoms with Crippen molar-refractivity contribution in [2.24, 2.45) is 5.41 Å². The fourth-order valence-electron chi connectivity index (χ4n) is 2.92. The van der Waals surface area contributed by atoms with E-state index in [2.05, 4.69) is 0 Å². The van der Waals surface area contributed by atoms with E-state index in [1.165, 1.54) is 0 Å². The quantitative estimate of drug-likeness (QED) is 0.808. The fraction of sp³-hybridized carbons (Fsp3) is 0.600. The molecule has 26 heavy (non-hydrogen) atoms. The molecule has 1 aromatic rings. The van der Waals surface area contributed by atoms with E-state index in [4.69, 9.17) is 9.47 Å². The predicted octanol–water partition coefficient (Wildman–Crippen LogP) is 2.57. The third-order valence-electron chi connectivity index (χ3n) is 4.28. The zero-order valence-corrected chi connectivity index (χ0v) is 16.3. The van der Waals surface area contributed by atoms with Gasteiger partial charge in [-0.1, -0.05) is 32.9 Å². The fourth-order valence-corrected chi connectivity index (χ4v) is 2.92. The average molecular weight is 362 g/mol. The Morgan fingerprint density at radius 1 is 0.962 bits per heavy atom. The van der Waals surface area contributed by atoms with E-state index < -0.39 is 5.41 Å². The van der Waals surface area contributed by atoms with Gasteiger partial charge in [0.25, 0.3) is 5.91 Å². The van der Waals surface area contributed by atoms with E-state index in [1.807, 2.05) is 50.8 Å². The van der Waals surface area contributed by atoms with Crippen molar-refractivity contribution < 1.29 is 19.1 Å². The number of hydrogen-bond acceptors (Lipinski definition) is 4. The molecule has 1 aliphatic heterocycles. The Hall–Kier alpha value is -2.24. The minimum atomic E-state index is -0.398. The lowest BCUT2D eigenvalue weighted by Gasteiger charge is -2.28. The first-order valence-corrected chi connectivity index (χ1v) is 9.24. The number of hydrogen-bond donors (Lipinski definition) is 0. The van der Waals surface area contributed by atoms with Gasteiger partial charge in [0.15, 0.2) is 18.1 Å². The standard InChI is InChI=1S/C20H30N2O4/c1-5-25-16-9-6-7-10-17(16)26-15-18(23)21-11-8-12-22(14-13-21)19(24)20(2,3)4/h6-7,9-10H,5,8,11-15H2,1-4H3. The molecule has 0 N–H and O–H groups in total. The van der Waals surface area contributed by atoms with Gasteiger partial charge in [-0.25, -0.2) is 0 Å². The first-order valence-electron chi connectivity index (χ1n) is 9.24. The van der Waals surface area contributed by atoms with Crippen LogP contribution in [0, 0.1) is 5.41 Å². The highest BCUT2D eigenvalue weighted by Gasteiger charge is 2.29. The van der Waals surface area contributed by atoms with Crippen LogP contribution in [-0.4, -0.2) is 61.0 Å². The number of para-hydroxylation sites is 2. The zero-order valence-electron chi connectivity index (χ0n) is 16.3. The summed E-state index contributed by atoms with van der Waals surface area (Å²) in [7, 11) is 0. The van der Waals surface area contributed by atoms with E-state index >= 15 is 0 Å². The van der Waals surface area contributed by atoms with Crippen molar-refractivity contribution in [2.75, 3.05) is 39.4 Å². The maximum atomic E-state index is 12.5. The van der Waals surface area contributed by atoms with E-state index in [0.717, 1.165) is 6.42 Å². The van der Waals surface area contributed by atoms with Crippen molar-refractivity contribution >= 4 is 11.8 Å². The molecule has 1 saturated heterocycles. The minimum Gasteiger partial charge on any atom is -0.490 e. The predicted molar refractivity (Wildman–Crippen MR) is 100 cm³/mol. The zero-order chi connectivity index (χ0) is 19.2. The van der Waals surface area contributed by atoms with Crippen LogP contribution in [0.5, 0.6) is 11.5 Å². The van der Waals surface area contributed by atoms with Crippen LogP contribution in [0.1, 0.15) is 34.1 Å². The number of amides is 2. The van der Waals surface area contributed by atoms with E-state index in [1.54, 1.807) is 11.0 Å². The van der Waals surface area contributed by atoms with Gasteiger partial charge < -0.3 is 19.3 Å². The molecule has 0 bridgehead atoms. The summed E-state index contributed by atoms with van der Waals surface area (Å²) >= 11 is 0. The Balaban J connectivity index is 1.90. The van der Waals surface area contributed by atoms with Crippen LogP contribution in [0.4, 0.5) is 0 Å². The highest BCUT2D eigenvalue weighted by molar-refractivity contribution is 5.82. The molecule has 1 heterocycles. The van der Waals surface area contributed by atoms with Gasteiger partial charge in [-0.3, -0.25) is 9.59 Å². The number of carbonyl (C=O) groups excluding carboxylic acids is 2. The molecule has 1 aromatic carbocycles. The molecular weight excluding hydrogens is 332 g/mol. The number of ether oxygens (including phenoxy) is 2. The van der Waals surface area contributed by atoms with Gasteiger partial charge in [0.05, 0.1) is 6.61 Å². The smallest absolute Gasteiger partial charge is 0.260 e. The van der Waals surface area contributed by atoms with Gasteiger partial charge in [-0.2, -0.15) is 0 Å². The summed E-state index contributed by atoms with van der Waals surface area (Å²) < 4.78 is 11.2. The number of benzene rings is 1.